The highest BCUT2D eigenvalue weighted by Gasteiger charge is 2.10. The average Bonchev–Trinajstić information content (AvgIpc) is 2.81. The molecule has 0 atom stereocenters. The van der Waals surface area contributed by atoms with Crippen molar-refractivity contribution in [2.24, 2.45) is 5.92 Å². The quantitative estimate of drug-likeness (QED) is 0.330. The number of carbonyl (C=O) groups excluding carboxylic acids is 1. The van der Waals surface area contributed by atoms with Crippen molar-refractivity contribution in [1.82, 2.24) is 10.6 Å². The van der Waals surface area contributed by atoms with E-state index in [-0.39, 0.29) is 11.0 Å². The van der Waals surface area contributed by atoms with E-state index in [1.54, 1.807) is 31.4 Å². The van der Waals surface area contributed by atoms with Crippen molar-refractivity contribution >= 4 is 23.2 Å². The van der Waals surface area contributed by atoms with Gasteiger partial charge in [0.1, 0.15) is 12.4 Å². The van der Waals surface area contributed by atoms with Gasteiger partial charge in [0.15, 0.2) is 16.6 Å². The first kappa shape index (κ1) is 26.4. The van der Waals surface area contributed by atoms with E-state index in [4.69, 9.17) is 31.2 Å². The van der Waals surface area contributed by atoms with Crippen molar-refractivity contribution in [2.45, 2.75) is 33.7 Å². The Morgan fingerprint density at radius 3 is 2.42 bits per heavy atom. The predicted molar refractivity (Wildman–Crippen MR) is 133 cm³/mol. The molecule has 8 heteroatoms. The molecule has 2 aromatic rings. The molecule has 0 radical (unpaired) electrons. The van der Waals surface area contributed by atoms with Crippen molar-refractivity contribution in [3.8, 4) is 17.2 Å². The summed E-state index contributed by atoms with van der Waals surface area (Å²) in [5.74, 6) is 2.34. The fourth-order valence-electron chi connectivity index (χ4n) is 2.81. The number of benzene rings is 2. The molecular formula is C25H34N2O5S. The topological polar surface area (TPSA) is 78.1 Å². The summed E-state index contributed by atoms with van der Waals surface area (Å²) in [6.07, 6.45) is 0.976. The van der Waals surface area contributed by atoms with E-state index in [0.717, 1.165) is 12.0 Å². The number of rotatable bonds is 13. The monoisotopic (exact) mass is 474 g/mol. The normalized spacial score (nSPS) is 10.6. The molecule has 33 heavy (non-hydrogen) atoms. The minimum atomic E-state index is -0.292. The van der Waals surface area contributed by atoms with Crippen LogP contribution in [0.25, 0.3) is 0 Å². The molecule has 0 aliphatic rings. The Labute approximate surface area is 201 Å². The maximum absolute atomic E-state index is 12.4. The fourth-order valence-corrected chi connectivity index (χ4v) is 2.98. The third-order valence-corrected chi connectivity index (χ3v) is 4.92. The third-order valence-electron chi connectivity index (χ3n) is 4.68. The number of methoxy groups -OCH3 is 1. The number of hydrogen-bond acceptors (Lipinski definition) is 6. The number of amides is 1. The van der Waals surface area contributed by atoms with Gasteiger partial charge in [-0.15, -0.1) is 0 Å². The lowest BCUT2D eigenvalue weighted by Crippen LogP contribution is -2.38. The van der Waals surface area contributed by atoms with Crippen LogP contribution in [0.1, 0.15) is 43.1 Å². The molecule has 2 N–H and O–H groups in total. The Morgan fingerprint density at radius 1 is 1.00 bits per heavy atom. The lowest BCUT2D eigenvalue weighted by molar-refractivity contribution is 0.0976. The minimum absolute atomic E-state index is 0.244. The van der Waals surface area contributed by atoms with Crippen LogP contribution in [0.2, 0.25) is 0 Å². The Hall–Kier alpha value is -2.84. The minimum Gasteiger partial charge on any atom is -0.493 e. The zero-order chi connectivity index (χ0) is 24.1. The van der Waals surface area contributed by atoms with Gasteiger partial charge in [0.05, 0.1) is 20.3 Å². The summed E-state index contributed by atoms with van der Waals surface area (Å²) in [6.45, 7) is 8.97. The molecule has 180 valence electrons. The summed E-state index contributed by atoms with van der Waals surface area (Å²) in [5.41, 5.74) is 1.44. The number of thiocarbonyl (C=S) groups is 1. The summed E-state index contributed by atoms with van der Waals surface area (Å²) < 4.78 is 22.1. The van der Waals surface area contributed by atoms with Gasteiger partial charge in [-0.05, 0) is 73.4 Å². The van der Waals surface area contributed by atoms with Crippen LogP contribution in [0.15, 0.2) is 42.5 Å². The van der Waals surface area contributed by atoms with Crippen molar-refractivity contribution in [3.63, 3.8) is 0 Å². The van der Waals surface area contributed by atoms with Gasteiger partial charge in [-0.25, -0.2) is 0 Å². The second-order valence-electron chi connectivity index (χ2n) is 7.72. The third kappa shape index (κ3) is 9.67. The second kappa shape index (κ2) is 14.3. The van der Waals surface area contributed by atoms with Gasteiger partial charge in [-0.1, -0.05) is 19.9 Å². The van der Waals surface area contributed by atoms with Gasteiger partial charge < -0.3 is 24.3 Å². The van der Waals surface area contributed by atoms with Gasteiger partial charge in [0, 0.05) is 18.7 Å². The van der Waals surface area contributed by atoms with E-state index in [1.807, 2.05) is 25.1 Å². The van der Waals surface area contributed by atoms with Crippen LogP contribution in [-0.2, 0) is 11.3 Å². The maximum atomic E-state index is 12.4. The molecular weight excluding hydrogens is 440 g/mol. The molecule has 0 bridgehead atoms. The molecule has 0 aromatic heterocycles. The first-order valence-electron chi connectivity index (χ1n) is 11.1. The first-order chi connectivity index (χ1) is 15.9. The van der Waals surface area contributed by atoms with E-state index in [9.17, 15) is 4.79 Å². The second-order valence-corrected chi connectivity index (χ2v) is 8.13. The fraction of sp³-hybridized carbons (Fsp3) is 0.440. The zero-order valence-electron chi connectivity index (χ0n) is 19.8. The highest BCUT2D eigenvalue weighted by Crippen LogP contribution is 2.28. The van der Waals surface area contributed by atoms with Crippen LogP contribution < -0.4 is 24.8 Å². The smallest absolute Gasteiger partial charge is 0.257 e. The number of ether oxygens (including phenoxy) is 4. The summed E-state index contributed by atoms with van der Waals surface area (Å²) in [6, 6.07) is 12.6. The number of hydrogen-bond donors (Lipinski definition) is 2. The van der Waals surface area contributed by atoms with Gasteiger partial charge in [-0.2, -0.15) is 0 Å². The molecule has 0 fully saturated rings. The summed E-state index contributed by atoms with van der Waals surface area (Å²) in [5, 5.41) is 5.98. The molecule has 0 aliphatic carbocycles. The van der Waals surface area contributed by atoms with Crippen LogP contribution in [0.4, 0.5) is 0 Å². The maximum Gasteiger partial charge on any atom is 0.257 e. The molecule has 0 aliphatic heterocycles. The van der Waals surface area contributed by atoms with E-state index in [2.05, 4.69) is 24.5 Å². The van der Waals surface area contributed by atoms with Gasteiger partial charge in [-0.3, -0.25) is 10.1 Å². The van der Waals surface area contributed by atoms with Crippen molar-refractivity contribution in [2.75, 3.05) is 33.5 Å². The number of carbonyl (C=O) groups is 1. The van der Waals surface area contributed by atoms with Crippen LogP contribution in [-0.4, -0.2) is 44.6 Å². The highest BCUT2D eigenvalue weighted by atomic mass is 32.1. The number of nitrogens with one attached hydrogen (secondary N) is 2. The van der Waals surface area contributed by atoms with E-state index in [0.29, 0.717) is 61.7 Å². The van der Waals surface area contributed by atoms with Crippen LogP contribution >= 0.6 is 12.2 Å². The first-order valence-corrected chi connectivity index (χ1v) is 11.5. The largest absolute Gasteiger partial charge is 0.493 e. The Bertz CT molecular complexity index is 887. The van der Waals surface area contributed by atoms with Crippen molar-refractivity contribution in [1.29, 1.82) is 0 Å². The Morgan fingerprint density at radius 2 is 1.76 bits per heavy atom. The lowest BCUT2D eigenvalue weighted by Gasteiger charge is -2.14. The molecule has 0 saturated heterocycles. The summed E-state index contributed by atoms with van der Waals surface area (Å²) in [4.78, 5) is 12.4. The Kier molecular flexibility index (Phi) is 11.5. The highest BCUT2D eigenvalue weighted by molar-refractivity contribution is 7.80. The standard InChI is InChI=1S/C25H34N2O5S/c1-5-30-14-15-31-21-9-7-20(8-10-21)24(28)27-25(33)26-17-19-6-11-22(23(16-19)29-4)32-13-12-18(2)3/h6-11,16,18H,5,12-15,17H2,1-4H3,(H2,26,27,28,33). The SMILES string of the molecule is CCOCCOc1ccc(C(=O)NC(=S)NCc2ccc(OCCC(C)C)c(OC)c2)cc1. The van der Waals surface area contributed by atoms with Crippen LogP contribution in [0.3, 0.4) is 0 Å². The Balaban J connectivity index is 1.81. The van der Waals surface area contributed by atoms with Gasteiger partial charge in [0.25, 0.3) is 5.91 Å². The molecule has 0 heterocycles. The van der Waals surface area contributed by atoms with E-state index >= 15 is 0 Å². The molecule has 0 saturated carbocycles. The summed E-state index contributed by atoms with van der Waals surface area (Å²) >= 11 is 5.27. The molecule has 7 nitrogen and oxygen atoms in total. The van der Waals surface area contributed by atoms with Gasteiger partial charge in [0.2, 0.25) is 0 Å². The molecule has 1 amide bonds. The van der Waals surface area contributed by atoms with Gasteiger partial charge >= 0.3 is 0 Å². The van der Waals surface area contributed by atoms with Crippen molar-refractivity contribution < 1.29 is 23.7 Å². The lowest BCUT2D eigenvalue weighted by atomic mass is 10.1. The van der Waals surface area contributed by atoms with Crippen molar-refractivity contribution in [3.05, 3.63) is 53.6 Å². The van der Waals surface area contributed by atoms with Crippen LogP contribution in [0.5, 0.6) is 17.2 Å². The zero-order valence-corrected chi connectivity index (χ0v) is 20.6. The van der Waals surface area contributed by atoms with E-state index in [1.165, 1.54) is 0 Å². The predicted octanol–water partition coefficient (Wildman–Crippen LogP) is 4.34. The molecule has 2 aromatic carbocycles. The van der Waals surface area contributed by atoms with E-state index < -0.39 is 0 Å². The average molecular weight is 475 g/mol. The molecule has 0 unspecified atom stereocenters. The molecule has 0 spiro atoms. The van der Waals surface area contributed by atoms with Crippen LogP contribution in [0, 0.1) is 5.92 Å². The molecule has 2 rings (SSSR count). The summed E-state index contributed by atoms with van der Waals surface area (Å²) in [7, 11) is 1.61.